The molecule has 1 aliphatic carbocycles. The van der Waals surface area contributed by atoms with E-state index in [2.05, 4.69) is 25.4 Å². The van der Waals surface area contributed by atoms with Crippen molar-refractivity contribution in [3.8, 4) is 5.19 Å². The Morgan fingerprint density at radius 1 is 1.24 bits per heavy atom. The molecule has 188 valence electrons. The minimum Gasteiger partial charge on any atom is -0.464 e. The van der Waals surface area contributed by atoms with Crippen molar-refractivity contribution >= 4 is 28.6 Å². The average Bonchev–Trinajstić information content (AvgIpc) is 3.33. The molecule has 0 unspecified atom stereocenters. The fourth-order valence-corrected chi connectivity index (χ4v) is 6.18. The third-order valence-corrected chi connectivity index (χ3v) is 8.32. The van der Waals surface area contributed by atoms with Crippen LogP contribution in [0.5, 0.6) is 5.19 Å². The first-order chi connectivity index (χ1) is 16.3. The van der Waals surface area contributed by atoms with Gasteiger partial charge in [-0.2, -0.15) is 0 Å². The lowest BCUT2D eigenvalue weighted by atomic mass is 9.81. The second-order valence-electron chi connectivity index (χ2n) is 9.03. The number of aromatic nitrogens is 3. The molecule has 4 rings (SSSR count). The number of fused-ring (bicyclic) bond motifs is 1. The Balaban J connectivity index is 1.17. The molecule has 3 heterocycles. The lowest BCUT2D eigenvalue weighted by molar-refractivity contribution is -0.121. The van der Waals surface area contributed by atoms with Crippen LogP contribution in [0.1, 0.15) is 52.7 Å². The maximum absolute atomic E-state index is 15.5. The predicted molar refractivity (Wildman–Crippen MR) is 125 cm³/mol. The van der Waals surface area contributed by atoms with E-state index in [1.807, 2.05) is 6.92 Å². The van der Waals surface area contributed by atoms with Gasteiger partial charge in [-0.05, 0) is 45.4 Å². The van der Waals surface area contributed by atoms with Crippen LogP contribution in [-0.2, 0) is 24.1 Å². The molecule has 34 heavy (non-hydrogen) atoms. The molecule has 2 aromatic heterocycles. The smallest absolute Gasteiger partial charge is 0.273 e. The van der Waals surface area contributed by atoms with E-state index in [0.29, 0.717) is 55.3 Å². The summed E-state index contributed by atoms with van der Waals surface area (Å²) in [4.78, 5) is 19.9. The molecule has 2 aliphatic rings. The van der Waals surface area contributed by atoms with Gasteiger partial charge >= 0.3 is 0 Å². The molecule has 0 bridgehead atoms. The SMILES string of the molecule is Cc1nnc(CC(=O)NC2CCC(F)(CCN3CCc4nc(OCC(F)F)sc4CC3)CC2)s1. The number of rotatable bonds is 9. The van der Waals surface area contributed by atoms with Crippen LogP contribution in [0.3, 0.4) is 0 Å². The zero-order valence-corrected chi connectivity index (χ0v) is 20.8. The van der Waals surface area contributed by atoms with Crippen molar-refractivity contribution in [3.63, 3.8) is 0 Å². The number of ether oxygens (including phenoxy) is 1. The van der Waals surface area contributed by atoms with Crippen molar-refractivity contribution in [1.82, 2.24) is 25.4 Å². The summed E-state index contributed by atoms with van der Waals surface area (Å²) in [5.74, 6) is -0.0825. The summed E-state index contributed by atoms with van der Waals surface area (Å²) < 4.78 is 45.2. The van der Waals surface area contributed by atoms with Crippen molar-refractivity contribution in [1.29, 1.82) is 0 Å². The highest BCUT2D eigenvalue weighted by atomic mass is 32.1. The van der Waals surface area contributed by atoms with Gasteiger partial charge in [-0.25, -0.2) is 18.2 Å². The lowest BCUT2D eigenvalue weighted by Crippen LogP contribution is -2.43. The number of nitrogens with one attached hydrogen (secondary N) is 1. The fourth-order valence-electron chi connectivity index (χ4n) is 4.52. The van der Waals surface area contributed by atoms with Gasteiger partial charge in [0.1, 0.15) is 15.7 Å². The molecule has 1 fully saturated rings. The third-order valence-electron chi connectivity index (χ3n) is 6.41. The summed E-state index contributed by atoms with van der Waals surface area (Å²) in [6.45, 7) is 3.46. The second kappa shape index (κ2) is 11.3. The number of carbonyl (C=O) groups is 1. The van der Waals surface area contributed by atoms with E-state index in [9.17, 15) is 13.6 Å². The number of nitrogens with zero attached hydrogens (tertiary/aromatic N) is 4. The minimum atomic E-state index is -2.51. The van der Waals surface area contributed by atoms with E-state index in [-0.39, 0.29) is 18.4 Å². The number of aryl methyl sites for hydroxylation is 1. The van der Waals surface area contributed by atoms with Crippen LogP contribution >= 0.6 is 22.7 Å². The molecule has 12 heteroatoms. The van der Waals surface area contributed by atoms with E-state index < -0.39 is 18.7 Å². The monoisotopic (exact) mass is 517 g/mol. The number of amides is 1. The van der Waals surface area contributed by atoms with Crippen LogP contribution < -0.4 is 10.1 Å². The highest BCUT2D eigenvalue weighted by Gasteiger charge is 2.36. The van der Waals surface area contributed by atoms with Gasteiger partial charge < -0.3 is 15.0 Å². The Kier molecular flexibility index (Phi) is 8.41. The fraction of sp³-hybridized carbons (Fsp3) is 0.727. The van der Waals surface area contributed by atoms with Crippen LogP contribution in [0, 0.1) is 6.92 Å². The molecule has 1 aliphatic heterocycles. The first-order valence-electron chi connectivity index (χ1n) is 11.7. The van der Waals surface area contributed by atoms with Gasteiger partial charge in [-0.3, -0.25) is 4.79 Å². The molecule has 7 nitrogen and oxygen atoms in total. The van der Waals surface area contributed by atoms with Crippen molar-refractivity contribution in [2.75, 3.05) is 26.2 Å². The maximum atomic E-state index is 15.5. The van der Waals surface area contributed by atoms with Gasteiger partial charge in [-0.1, -0.05) is 11.3 Å². The van der Waals surface area contributed by atoms with Crippen molar-refractivity contribution in [2.45, 2.75) is 76.4 Å². The van der Waals surface area contributed by atoms with Gasteiger partial charge in [0, 0.05) is 37.0 Å². The van der Waals surface area contributed by atoms with Crippen LogP contribution in [0.15, 0.2) is 0 Å². The van der Waals surface area contributed by atoms with E-state index >= 15 is 4.39 Å². The quantitative estimate of drug-likeness (QED) is 0.546. The van der Waals surface area contributed by atoms with Crippen molar-refractivity contribution in [2.24, 2.45) is 0 Å². The van der Waals surface area contributed by atoms with Crippen LogP contribution in [-0.4, -0.2) is 70.4 Å². The standard InChI is InChI=1S/C22H30F3N5O2S2/c1-14-28-29-20(33-14)12-19(31)26-15-2-6-22(25,7-3-15)8-11-30-9-4-16-17(5-10-30)34-21(27-16)32-13-18(23)24/h15,18H,2-13H2,1H3,(H,26,31). The van der Waals surface area contributed by atoms with Gasteiger partial charge in [-0.15, -0.1) is 21.5 Å². The normalized spacial score (nSPS) is 23.5. The van der Waals surface area contributed by atoms with E-state index in [1.54, 1.807) is 0 Å². The lowest BCUT2D eigenvalue weighted by Gasteiger charge is -2.35. The van der Waals surface area contributed by atoms with E-state index in [4.69, 9.17) is 4.74 Å². The number of hydrogen-bond acceptors (Lipinski definition) is 8. The zero-order chi connectivity index (χ0) is 24.1. The maximum Gasteiger partial charge on any atom is 0.273 e. The van der Waals surface area contributed by atoms with Crippen LogP contribution in [0.4, 0.5) is 13.2 Å². The van der Waals surface area contributed by atoms with Crippen LogP contribution in [0.25, 0.3) is 0 Å². The third kappa shape index (κ3) is 7.11. The Morgan fingerprint density at radius 2 is 2.00 bits per heavy atom. The Hall–Kier alpha value is -1.79. The summed E-state index contributed by atoms with van der Waals surface area (Å²) >= 11 is 2.75. The number of carbonyl (C=O) groups excluding carboxylic acids is 1. The number of halogens is 3. The van der Waals surface area contributed by atoms with Gasteiger partial charge in [0.15, 0.2) is 6.61 Å². The molecule has 1 amide bonds. The Bertz CT molecular complexity index is 937. The molecule has 0 atom stereocenters. The molecule has 0 aromatic carbocycles. The van der Waals surface area contributed by atoms with Crippen molar-refractivity contribution in [3.05, 3.63) is 20.6 Å². The predicted octanol–water partition coefficient (Wildman–Crippen LogP) is 3.75. The molecular formula is C22H30F3N5O2S2. The Morgan fingerprint density at radius 3 is 2.71 bits per heavy atom. The number of thiazole rings is 1. The summed E-state index contributed by atoms with van der Waals surface area (Å²) in [6, 6.07) is 0.00660. The first-order valence-corrected chi connectivity index (χ1v) is 13.3. The first kappa shape index (κ1) is 25.3. The zero-order valence-electron chi connectivity index (χ0n) is 19.2. The highest BCUT2D eigenvalue weighted by Crippen LogP contribution is 2.35. The molecule has 1 N–H and O–H groups in total. The summed E-state index contributed by atoms with van der Waals surface area (Å²) in [5.41, 5.74) is -0.296. The highest BCUT2D eigenvalue weighted by molar-refractivity contribution is 7.13. The molecule has 2 aromatic rings. The number of hydrogen-bond donors (Lipinski definition) is 1. The number of alkyl halides is 3. The van der Waals surface area contributed by atoms with Gasteiger partial charge in [0.25, 0.3) is 11.6 Å². The molecule has 1 saturated carbocycles. The Labute approximate surface area is 205 Å². The summed E-state index contributed by atoms with van der Waals surface area (Å²) in [6.07, 6.45) is 1.84. The van der Waals surface area contributed by atoms with E-state index in [0.717, 1.165) is 35.1 Å². The largest absolute Gasteiger partial charge is 0.464 e. The van der Waals surface area contributed by atoms with Gasteiger partial charge in [0.2, 0.25) is 5.91 Å². The van der Waals surface area contributed by atoms with Gasteiger partial charge in [0.05, 0.1) is 12.1 Å². The van der Waals surface area contributed by atoms with E-state index in [1.165, 1.54) is 22.7 Å². The summed E-state index contributed by atoms with van der Waals surface area (Å²) in [7, 11) is 0. The molecule has 0 saturated heterocycles. The average molecular weight is 518 g/mol. The second-order valence-corrected chi connectivity index (χ2v) is 11.3. The molecular weight excluding hydrogens is 487 g/mol. The minimum absolute atomic E-state index is 0.00660. The van der Waals surface area contributed by atoms with Crippen molar-refractivity contribution < 1.29 is 22.7 Å². The van der Waals surface area contributed by atoms with Crippen LogP contribution in [0.2, 0.25) is 0 Å². The molecule has 0 spiro atoms. The topological polar surface area (TPSA) is 80.2 Å². The summed E-state index contributed by atoms with van der Waals surface area (Å²) in [5, 5.41) is 12.8. The molecule has 0 radical (unpaired) electrons.